The number of rotatable bonds is 2. The van der Waals surface area contributed by atoms with E-state index >= 15 is 0 Å². The molecule has 1 heterocycles. The number of hydrogen-bond acceptors (Lipinski definition) is 2. The molecule has 0 spiro atoms. The standard InChI is InChI=1S/C13H23N3O2/c1-15(2)13(18)14-7-12(17)16-8-10-4-3-5-11(6-10)9-16/h10-11H,3-9H2,1-2H3,(H,14,18)/t10-,11-/m0/s1. The Morgan fingerprint density at radius 2 is 1.83 bits per heavy atom. The number of fused-ring (bicyclic) bond motifs is 2. The number of carbonyl (C=O) groups is 2. The number of carbonyl (C=O) groups excluding carboxylic acids is 2. The highest BCUT2D eigenvalue weighted by Gasteiger charge is 2.32. The lowest BCUT2D eigenvalue weighted by molar-refractivity contribution is -0.133. The molecule has 5 heteroatoms. The molecule has 2 fully saturated rings. The molecule has 1 saturated heterocycles. The molecule has 1 saturated carbocycles. The molecule has 1 aliphatic carbocycles. The van der Waals surface area contributed by atoms with Gasteiger partial charge in [-0.15, -0.1) is 0 Å². The number of amides is 3. The number of hydrogen-bond donors (Lipinski definition) is 1. The van der Waals surface area contributed by atoms with E-state index < -0.39 is 0 Å². The van der Waals surface area contributed by atoms with Crippen LogP contribution in [0.25, 0.3) is 0 Å². The molecule has 18 heavy (non-hydrogen) atoms. The SMILES string of the molecule is CN(C)C(=O)NCC(=O)N1C[C@H]2CCC[C@@H](C2)C1. The zero-order valence-electron chi connectivity index (χ0n) is 11.3. The Bertz CT molecular complexity index is 318. The first kappa shape index (κ1) is 13.2. The summed E-state index contributed by atoms with van der Waals surface area (Å²) in [5, 5.41) is 2.64. The zero-order chi connectivity index (χ0) is 13.1. The molecular formula is C13H23N3O2. The van der Waals surface area contributed by atoms with Gasteiger partial charge in [0.25, 0.3) is 0 Å². The van der Waals surface area contributed by atoms with Crippen molar-refractivity contribution in [3.63, 3.8) is 0 Å². The first-order chi connectivity index (χ1) is 8.56. The van der Waals surface area contributed by atoms with Crippen LogP contribution in [0, 0.1) is 11.8 Å². The summed E-state index contributed by atoms with van der Waals surface area (Å²) in [7, 11) is 3.34. The van der Waals surface area contributed by atoms with Crippen LogP contribution in [0.5, 0.6) is 0 Å². The van der Waals surface area contributed by atoms with Crippen molar-refractivity contribution in [1.82, 2.24) is 15.1 Å². The lowest BCUT2D eigenvalue weighted by atomic mass is 9.78. The van der Waals surface area contributed by atoms with Crippen molar-refractivity contribution < 1.29 is 9.59 Å². The Morgan fingerprint density at radius 3 is 2.39 bits per heavy atom. The molecular weight excluding hydrogens is 230 g/mol. The Kier molecular flexibility index (Phi) is 4.09. The molecule has 1 aliphatic heterocycles. The molecule has 0 aromatic rings. The molecule has 2 bridgehead atoms. The summed E-state index contributed by atoms with van der Waals surface area (Å²) in [4.78, 5) is 26.8. The van der Waals surface area contributed by atoms with Crippen LogP contribution in [0.3, 0.4) is 0 Å². The summed E-state index contributed by atoms with van der Waals surface area (Å²) in [6.07, 6.45) is 5.11. The van der Waals surface area contributed by atoms with Gasteiger partial charge < -0.3 is 15.1 Å². The third kappa shape index (κ3) is 3.15. The second-order valence-electron chi connectivity index (χ2n) is 5.75. The van der Waals surface area contributed by atoms with Crippen molar-refractivity contribution in [2.75, 3.05) is 33.7 Å². The fourth-order valence-corrected chi connectivity index (χ4v) is 3.06. The van der Waals surface area contributed by atoms with E-state index in [2.05, 4.69) is 5.32 Å². The maximum absolute atomic E-state index is 12.0. The normalized spacial score (nSPS) is 26.7. The van der Waals surface area contributed by atoms with Gasteiger partial charge in [-0.3, -0.25) is 4.79 Å². The first-order valence-corrected chi connectivity index (χ1v) is 6.79. The van der Waals surface area contributed by atoms with Gasteiger partial charge in [-0.1, -0.05) is 6.42 Å². The lowest BCUT2D eigenvalue weighted by Gasteiger charge is -2.41. The Hall–Kier alpha value is -1.26. The quantitative estimate of drug-likeness (QED) is 0.795. The Morgan fingerprint density at radius 1 is 1.22 bits per heavy atom. The predicted octanol–water partition coefficient (Wildman–Crippen LogP) is 0.906. The summed E-state index contributed by atoms with van der Waals surface area (Å²) < 4.78 is 0. The van der Waals surface area contributed by atoms with Crippen LogP contribution in [0.4, 0.5) is 4.79 Å². The second-order valence-corrected chi connectivity index (χ2v) is 5.75. The van der Waals surface area contributed by atoms with Gasteiger partial charge in [0.05, 0.1) is 6.54 Å². The average Bonchev–Trinajstić information content (AvgIpc) is 2.34. The van der Waals surface area contributed by atoms with Gasteiger partial charge in [0.15, 0.2) is 0 Å². The number of piperidine rings is 1. The number of likely N-dealkylation sites (tertiary alicyclic amines) is 1. The lowest BCUT2D eigenvalue weighted by Crippen LogP contribution is -2.49. The van der Waals surface area contributed by atoms with E-state index in [1.165, 1.54) is 30.6 Å². The topological polar surface area (TPSA) is 52.7 Å². The van der Waals surface area contributed by atoms with Gasteiger partial charge >= 0.3 is 6.03 Å². The van der Waals surface area contributed by atoms with E-state index in [0.717, 1.165) is 13.1 Å². The van der Waals surface area contributed by atoms with Crippen molar-refractivity contribution in [2.24, 2.45) is 11.8 Å². The van der Waals surface area contributed by atoms with Crippen molar-refractivity contribution in [3.05, 3.63) is 0 Å². The molecule has 1 N–H and O–H groups in total. The third-order valence-corrected chi connectivity index (χ3v) is 4.00. The summed E-state index contributed by atoms with van der Waals surface area (Å²) in [6.45, 7) is 1.89. The minimum atomic E-state index is -0.208. The van der Waals surface area contributed by atoms with E-state index in [1.807, 2.05) is 4.90 Å². The molecule has 102 valence electrons. The minimum absolute atomic E-state index is 0.0572. The van der Waals surface area contributed by atoms with Crippen molar-refractivity contribution in [1.29, 1.82) is 0 Å². The van der Waals surface area contributed by atoms with Crippen LogP contribution in [-0.4, -0.2) is 55.5 Å². The van der Waals surface area contributed by atoms with Crippen LogP contribution in [0.2, 0.25) is 0 Å². The highest BCUT2D eigenvalue weighted by molar-refractivity contribution is 5.83. The number of nitrogens with zero attached hydrogens (tertiary/aromatic N) is 2. The highest BCUT2D eigenvalue weighted by atomic mass is 16.2. The average molecular weight is 253 g/mol. The molecule has 2 atom stereocenters. The van der Waals surface area contributed by atoms with Gasteiger partial charge in [-0.25, -0.2) is 4.79 Å². The monoisotopic (exact) mass is 253 g/mol. The Balaban J connectivity index is 1.80. The fraction of sp³-hybridized carbons (Fsp3) is 0.846. The van der Waals surface area contributed by atoms with E-state index in [1.54, 1.807) is 14.1 Å². The molecule has 0 aromatic carbocycles. The molecule has 0 aromatic heterocycles. The van der Waals surface area contributed by atoms with Crippen molar-refractivity contribution in [3.8, 4) is 0 Å². The predicted molar refractivity (Wildman–Crippen MR) is 69.1 cm³/mol. The van der Waals surface area contributed by atoms with E-state index in [-0.39, 0.29) is 18.5 Å². The third-order valence-electron chi connectivity index (χ3n) is 4.00. The highest BCUT2D eigenvalue weighted by Crippen LogP contribution is 2.34. The molecule has 3 amide bonds. The van der Waals surface area contributed by atoms with E-state index in [9.17, 15) is 9.59 Å². The maximum atomic E-state index is 12.0. The van der Waals surface area contributed by atoms with Gasteiger partial charge in [0.1, 0.15) is 0 Å². The molecule has 0 unspecified atom stereocenters. The van der Waals surface area contributed by atoms with Crippen LogP contribution in [-0.2, 0) is 4.79 Å². The largest absolute Gasteiger partial charge is 0.341 e. The number of urea groups is 1. The molecule has 5 nitrogen and oxygen atoms in total. The van der Waals surface area contributed by atoms with Crippen molar-refractivity contribution >= 4 is 11.9 Å². The van der Waals surface area contributed by atoms with E-state index in [0.29, 0.717) is 11.8 Å². The first-order valence-electron chi connectivity index (χ1n) is 6.79. The zero-order valence-corrected chi connectivity index (χ0v) is 11.3. The molecule has 2 rings (SSSR count). The van der Waals surface area contributed by atoms with Gasteiger partial charge in [-0.05, 0) is 31.1 Å². The summed E-state index contributed by atoms with van der Waals surface area (Å²) in [5.41, 5.74) is 0. The molecule has 0 radical (unpaired) electrons. The summed E-state index contributed by atoms with van der Waals surface area (Å²) >= 11 is 0. The fourth-order valence-electron chi connectivity index (χ4n) is 3.06. The maximum Gasteiger partial charge on any atom is 0.317 e. The second kappa shape index (κ2) is 5.59. The Labute approximate surface area is 108 Å². The van der Waals surface area contributed by atoms with Crippen LogP contribution >= 0.6 is 0 Å². The van der Waals surface area contributed by atoms with Crippen LogP contribution in [0.1, 0.15) is 25.7 Å². The summed E-state index contributed by atoms with van der Waals surface area (Å²) in [6, 6.07) is -0.208. The minimum Gasteiger partial charge on any atom is -0.341 e. The number of nitrogens with one attached hydrogen (secondary N) is 1. The van der Waals surface area contributed by atoms with Gasteiger partial charge in [-0.2, -0.15) is 0 Å². The smallest absolute Gasteiger partial charge is 0.317 e. The van der Waals surface area contributed by atoms with E-state index in [4.69, 9.17) is 0 Å². The van der Waals surface area contributed by atoms with Gasteiger partial charge in [0, 0.05) is 27.2 Å². The van der Waals surface area contributed by atoms with Crippen LogP contribution < -0.4 is 5.32 Å². The van der Waals surface area contributed by atoms with Crippen molar-refractivity contribution in [2.45, 2.75) is 25.7 Å². The summed E-state index contributed by atoms with van der Waals surface area (Å²) in [5.74, 6) is 1.43. The van der Waals surface area contributed by atoms with Crippen LogP contribution in [0.15, 0.2) is 0 Å². The molecule has 2 aliphatic rings. The van der Waals surface area contributed by atoms with Gasteiger partial charge in [0.2, 0.25) is 5.91 Å².